The second-order valence-electron chi connectivity index (χ2n) is 3.82. The number of methoxy groups -OCH3 is 1. The lowest BCUT2D eigenvalue weighted by Crippen LogP contribution is -2.48. The van der Waals surface area contributed by atoms with Crippen LogP contribution in [0.2, 0.25) is 0 Å². The summed E-state index contributed by atoms with van der Waals surface area (Å²) in [6.07, 6.45) is -2.05. The Morgan fingerprint density at radius 3 is 2.17 bits per heavy atom. The second-order valence-corrected chi connectivity index (χ2v) is 3.82. The van der Waals surface area contributed by atoms with E-state index in [9.17, 15) is 14.7 Å². The number of hydrogen-bond acceptors (Lipinski definition) is 8. The average molecular weight is 264 g/mol. The second kappa shape index (κ2) is 7.98. The highest BCUT2D eigenvalue weighted by Crippen LogP contribution is 1.97. The number of nitrogens with one attached hydrogen (secondary N) is 1. The molecule has 0 fully saturated rings. The number of hydrogen-bond donors (Lipinski definition) is 4. The van der Waals surface area contributed by atoms with Gasteiger partial charge in [0.15, 0.2) is 0 Å². The topological polar surface area (TPSA) is 131 Å². The van der Waals surface area contributed by atoms with Gasteiger partial charge in [-0.2, -0.15) is 0 Å². The zero-order valence-electron chi connectivity index (χ0n) is 10.6. The standard InChI is InChI=1S/C10H20N2O6/c1-5(13)7(11)9(15)18-4-12-8(6(2)14)10(16)17-3/h5-8,12-14H,4,11H2,1-3H3/t5-,6?,7?,8?/m1/s1. The summed E-state index contributed by atoms with van der Waals surface area (Å²) >= 11 is 0. The molecular weight excluding hydrogens is 244 g/mol. The number of esters is 2. The molecule has 5 N–H and O–H groups in total. The van der Waals surface area contributed by atoms with E-state index in [1.54, 1.807) is 0 Å². The van der Waals surface area contributed by atoms with Gasteiger partial charge in [-0.15, -0.1) is 0 Å². The summed E-state index contributed by atoms with van der Waals surface area (Å²) in [7, 11) is 1.18. The van der Waals surface area contributed by atoms with E-state index in [4.69, 9.17) is 10.8 Å². The van der Waals surface area contributed by atoms with Crippen LogP contribution < -0.4 is 11.1 Å². The zero-order chi connectivity index (χ0) is 14.3. The van der Waals surface area contributed by atoms with Crippen molar-refractivity contribution in [1.29, 1.82) is 0 Å². The lowest BCUT2D eigenvalue weighted by Gasteiger charge is -2.20. The Kier molecular flexibility index (Phi) is 7.44. The van der Waals surface area contributed by atoms with Gasteiger partial charge < -0.3 is 25.4 Å². The van der Waals surface area contributed by atoms with E-state index >= 15 is 0 Å². The van der Waals surface area contributed by atoms with Gasteiger partial charge in [-0.25, -0.2) is 0 Å². The smallest absolute Gasteiger partial charge is 0.326 e. The monoisotopic (exact) mass is 264 g/mol. The molecule has 0 aliphatic rings. The van der Waals surface area contributed by atoms with Crippen LogP contribution in [0.5, 0.6) is 0 Å². The van der Waals surface area contributed by atoms with E-state index in [1.807, 2.05) is 0 Å². The molecule has 0 aliphatic heterocycles. The van der Waals surface area contributed by atoms with Crippen LogP contribution in [0.4, 0.5) is 0 Å². The normalized spacial score (nSPS) is 17.4. The predicted octanol–water partition coefficient (Wildman–Crippen LogP) is -2.29. The summed E-state index contributed by atoms with van der Waals surface area (Å²) in [5.41, 5.74) is 5.33. The third-order valence-electron chi connectivity index (χ3n) is 2.25. The first kappa shape index (κ1) is 16.8. The van der Waals surface area contributed by atoms with Gasteiger partial charge in [0.25, 0.3) is 0 Å². The van der Waals surface area contributed by atoms with Gasteiger partial charge in [0.1, 0.15) is 18.8 Å². The van der Waals surface area contributed by atoms with Gasteiger partial charge in [-0.1, -0.05) is 0 Å². The maximum atomic E-state index is 11.2. The molecule has 0 saturated heterocycles. The molecular formula is C10H20N2O6. The van der Waals surface area contributed by atoms with Gasteiger partial charge in [-0.05, 0) is 13.8 Å². The minimum absolute atomic E-state index is 0.329. The number of aliphatic hydroxyl groups is 2. The first-order valence-corrected chi connectivity index (χ1v) is 5.40. The molecule has 0 saturated carbocycles. The molecule has 0 aromatic heterocycles. The number of ether oxygens (including phenoxy) is 2. The van der Waals surface area contributed by atoms with Crippen molar-refractivity contribution in [2.45, 2.75) is 38.1 Å². The molecule has 0 amide bonds. The highest BCUT2D eigenvalue weighted by molar-refractivity contribution is 5.77. The van der Waals surface area contributed by atoms with Crippen molar-refractivity contribution in [3.05, 3.63) is 0 Å². The van der Waals surface area contributed by atoms with Gasteiger partial charge in [0, 0.05) is 0 Å². The van der Waals surface area contributed by atoms with Crippen LogP contribution >= 0.6 is 0 Å². The molecule has 3 unspecified atom stereocenters. The quantitative estimate of drug-likeness (QED) is 0.298. The molecule has 8 nitrogen and oxygen atoms in total. The molecule has 0 aliphatic carbocycles. The molecule has 18 heavy (non-hydrogen) atoms. The lowest BCUT2D eigenvalue weighted by molar-refractivity contribution is -0.153. The summed E-state index contributed by atoms with van der Waals surface area (Å²) in [6.45, 7) is 2.41. The summed E-state index contributed by atoms with van der Waals surface area (Å²) in [5, 5.41) is 20.9. The summed E-state index contributed by atoms with van der Waals surface area (Å²) < 4.78 is 9.14. The molecule has 4 atom stereocenters. The van der Waals surface area contributed by atoms with Gasteiger partial charge >= 0.3 is 11.9 Å². The lowest BCUT2D eigenvalue weighted by atomic mass is 10.2. The molecule has 106 valence electrons. The number of nitrogens with two attached hydrogens (primary N) is 1. The van der Waals surface area contributed by atoms with Gasteiger partial charge in [0.05, 0.1) is 19.3 Å². The third kappa shape index (κ3) is 5.41. The molecule has 0 bridgehead atoms. The fourth-order valence-corrected chi connectivity index (χ4v) is 1.07. The van der Waals surface area contributed by atoms with Gasteiger partial charge in [0.2, 0.25) is 0 Å². The molecule has 0 radical (unpaired) electrons. The maximum absolute atomic E-state index is 11.2. The van der Waals surface area contributed by atoms with Crippen LogP contribution in [0.15, 0.2) is 0 Å². The molecule has 0 spiro atoms. The first-order valence-electron chi connectivity index (χ1n) is 5.40. The Hall–Kier alpha value is -1.22. The fraction of sp³-hybridized carbons (Fsp3) is 0.800. The Balaban J connectivity index is 4.15. The van der Waals surface area contributed by atoms with E-state index in [0.29, 0.717) is 0 Å². The highest BCUT2D eigenvalue weighted by Gasteiger charge is 2.25. The van der Waals surface area contributed by atoms with Gasteiger partial charge in [-0.3, -0.25) is 14.9 Å². The van der Waals surface area contributed by atoms with Crippen molar-refractivity contribution in [3.63, 3.8) is 0 Å². The van der Waals surface area contributed by atoms with E-state index in [1.165, 1.54) is 21.0 Å². The van der Waals surface area contributed by atoms with E-state index < -0.39 is 36.2 Å². The highest BCUT2D eigenvalue weighted by atomic mass is 16.5. The molecule has 0 aromatic rings. The Morgan fingerprint density at radius 2 is 1.78 bits per heavy atom. The van der Waals surface area contributed by atoms with Crippen molar-refractivity contribution in [1.82, 2.24) is 5.32 Å². The number of aliphatic hydroxyl groups excluding tert-OH is 2. The van der Waals surface area contributed by atoms with Crippen molar-refractivity contribution in [2.24, 2.45) is 5.73 Å². The Bertz CT molecular complexity index is 282. The zero-order valence-corrected chi connectivity index (χ0v) is 10.6. The van der Waals surface area contributed by atoms with Crippen LogP contribution in [0.1, 0.15) is 13.8 Å². The Morgan fingerprint density at radius 1 is 1.22 bits per heavy atom. The third-order valence-corrected chi connectivity index (χ3v) is 2.25. The van der Waals surface area contributed by atoms with Crippen LogP contribution in [-0.2, 0) is 19.1 Å². The summed E-state index contributed by atoms with van der Waals surface area (Å²) in [5.74, 6) is -1.49. The maximum Gasteiger partial charge on any atom is 0.326 e. The van der Waals surface area contributed by atoms with Crippen molar-refractivity contribution in [3.8, 4) is 0 Å². The minimum atomic E-state index is -1.16. The van der Waals surface area contributed by atoms with E-state index in [2.05, 4.69) is 14.8 Å². The van der Waals surface area contributed by atoms with Crippen LogP contribution in [0.3, 0.4) is 0 Å². The summed E-state index contributed by atoms with van der Waals surface area (Å²) in [6, 6.07) is -2.17. The van der Waals surface area contributed by atoms with E-state index in [0.717, 1.165) is 0 Å². The molecule has 8 heteroatoms. The first-order chi connectivity index (χ1) is 8.31. The fourth-order valence-electron chi connectivity index (χ4n) is 1.07. The largest absolute Gasteiger partial charge is 0.468 e. The van der Waals surface area contributed by atoms with E-state index in [-0.39, 0.29) is 6.73 Å². The van der Waals surface area contributed by atoms with Crippen molar-refractivity contribution in [2.75, 3.05) is 13.8 Å². The SMILES string of the molecule is COC(=O)C(NCOC(=O)C(N)[C@@H](C)O)C(C)O. The predicted molar refractivity (Wildman–Crippen MR) is 61.2 cm³/mol. The number of carbonyl (C=O) groups is 2. The van der Waals surface area contributed by atoms with Crippen LogP contribution in [0.25, 0.3) is 0 Å². The summed E-state index contributed by atoms with van der Waals surface area (Å²) in [4.78, 5) is 22.5. The molecule has 0 heterocycles. The number of carbonyl (C=O) groups excluding carboxylic acids is 2. The van der Waals surface area contributed by atoms with Crippen molar-refractivity contribution < 1.29 is 29.3 Å². The van der Waals surface area contributed by atoms with Crippen molar-refractivity contribution >= 4 is 11.9 Å². The molecule has 0 rings (SSSR count). The average Bonchev–Trinajstić information content (AvgIpc) is 2.31. The van der Waals surface area contributed by atoms with Crippen LogP contribution in [0, 0.1) is 0 Å². The molecule has 0 aromatic carbocycles. The van der Waals surface area contributed by atoms with Crippen LogP contribution in [-0.4, -0.2) is 60.3 Å². The minimum Gasteiger partial charge on any atom is -0.468 e. The Labute approximate surface area is 105 Å². The number of rotatable bonds is 7.